The molecule has 0 radical (unpaired) electrons. The summed E-state index contributed by atoms with van der Waals surface area (Å²) >= 11 is 12.1. The lowest BCUT2D eigenvalue weighted by molar-refractivity contribution is 0.628. The van der Waals surface area contributed by atoms with E-state index in [1.54, 1.807) is 18.3 Å². The highest BCUT2D eigenvalue weighted by Crippen LogP contribution is 2.27. The lowest BCUT2D eigenvalue weighted by atomic mass is 10.1. The van der Waals surface area contributed by atoms with Gasteiger partial charge in [-0.1, -0.05) is 29.3 Å². The van der Waals surface area contributed by atoms with E-state index in [4.69, 9.17) is 23.2 Å². The van der Waals surface area contributed by atoms with E-state index in [1.807, 2.05) is 25.1 Å². The van der Waals surface area contributed by atoms with Crippen LogP contribution in [0.25, 0.3) is 11.3 Å². The first-order valence-electron chi connectivity index (χ1n) is 8.93. The van der Waals surface area contributed by atoms with Crippen LogP contribution in [0.15, 0.2) is 42.6 Å². The van der Waals surface area contributed by atoms with E-state index in [0.29, 0.717) is 22.2 Å². The van der Waals surface area contributed by atoms with Crippen molar-refractivity contribution in [1.82, 2.24) is 15.0 Å². The number of halogens is 3. The average molecular weight is 418 g/mol. The van der Waals surface area contributed by atoms with E-state index in [2.05, 4.69) is 24.8 Å². The second kappa shape index (κ2) is 7.89. The Kier molecular flexibility index (Phi) is 5.33. The number of rotatable bonds is 3. The van der Waals surface area contributed by atoms with Crippen molar-refractivity contribution in [2.45, 2.75) is 6.92 Å². The quantitative estimate of drug-likeness (QED) is 0.621. The SMILES string of the molecule is Cc1cc(-c2ccc(Cl)c(F)c2)nc(N2CCN(c3ncccc3Cl)CC2)n1. The predicted molar refractivity (Wildman–Crippen MR) is 111 cm³/mol. The van der Waals surface area contributed by atoms with Crippen molar-refractivity contribution >= 4 is 35.0 Å². The summed E-state index contributed by atoms with van der Waals surface area (Å²) in [6.07, 6.45) is 1.74. The van der Waals surface area contributed by atoms with Crippen molar-refractivity contribution in [2.75, 3.05) is 36.0 Å². The molecule has 2 aromatic heterocycles. The first-order chi connectivity index (χ1) is 13.5. The molecule has 1 aliphatic rings. The third-order valence-corrected chi connectivity index (χ3v) is 5.26. The van der Waals surface area contributed by atoms with Gasteiger partial charge >= 0.3 is 0 Å². The van der Waals surface area contributed by atoms with Gasteiger partial charge in [0.15, 0.2) is 0 Å². The molecule has 8 heteroatoms. The highest BCUT2D eigenvalue weighted by atomic mass is 35.5. The second-order valence-electron chi connectivity index (χ2n) is 6.61. The maximum absolute atomic E-state index is 13.8. The third-order valence-electron chi connectivity index (χ3n) is 4.66. The predicted octanol–water partition coefficient (Wildman–Crippen LogP) is 4.62. The molecule has 1 saturated heterocycles. The number of hydrogen-bond acceptors (Lipinski definition) is 5. The van der Waals surface area contributed by atoms with Gasteiger partial charge in [-0.15, -0.1) is 0 Å². The van der Waals surface area contributed by atoms with Crippen LogP contribution in [0, 0.1) is 12.7 Å². The standard InChI is InChI=1S/C20H18Cl2FN5/c1-13-11-18(14-4-5-15(21)17(23)12-14)26-20(25-13)28-9-7-27(8-10-28)19-16(22)3-2-6-24-19/h2-6,11-12H,7-10H2,1H3. The van der Waals surface area contributed by atoms with Crippen LogP contribution in [0.3, 0.4) is 0 Å². The molecule has 0 aliphatic carbocycles. The van der Waals surface area contributed by atoms with Crippen LogP contribution >= 0.6 is 23.2 Å². The van der Waals surface area contributed by atoms with Crippen molar-refractivity contribution in [1.29, 1.82) is 0 Å². The molecule has 1 fully saturated rings. The molecule has 28 heavy (non-hydrogen) atoms. The molecule has 5 nitrogen and oxygen atoms in total. The number of nitrogens with zero attached hydrogens (tertiary/aromatic N) is 5. The number of pyridine rings is 1. The molecule has 144 valence electrons. The topological polar surface area (TPSA) is 45.2 Å². The minimum absolute atomic E-state index is 0.0963. The zero-order valence-corrected chi connectivity index (χ0v) is 16.8. The Hall–Kier alpha value is -2.44. The van der Waals surface area contributed by atoms with Crippen molar-refractivity contribution < 1.29 is 4.39 Å². The Labute approximate surface area is 172 Å². The fraction of sp³-hybridized carbons (Fsp3) is 0.250. The van der Waals surface area contributed by atoms with Gasteiger partial charge < -0.3 is 9.80 Å². The fourth-order valence-corrected chi connectivity index (χ4v) is 3.58. The summed E-state index contributed by atoms with van der Waals surface area (Å²) in [6.45, 7) is 4.91. The summed E-state index contributed by atoms with van der Waals surface area (Å²) in [6, 6.07) is 10.2. The normalized spacial score (nSPS) is 14.4. The zero-order valence-electron chi connectivity index (χ0n) is 15.2. The lowest BCUT2D eigenvalue weighted by Crippen LogP contribution is -2.47. The molecule has 0 amide bonds. The van der Waals surface area contributed by atoms with E-state index >= 15 is 0 Å². The molecule has 1 aliphatic heterocycles. The van der Waals surface area contributed by atoms with Gasteiger partial charge in [0.1, 0.15) is 11.6 Å². The summed E-state index contributed by atoms with van der Waals surface area (Å²) in [7, 11) is 0. The Morgan fingerprint density at radius 1 is 0.929 bits per heavy atom. The summed E-state index contributed by atoms with van der Waals surface area (Å²) in [5.41, 5.74) is 2.17. The fourth-order valence-electron chi connectivity index (χ4n) is 3.23. The molecule has 0 saturated carbocycles. The Balaban J connectivity index is 1.55. The van der Waals surface area contributed by atoms with Crippen LogP contribution in [0.5, 0.6) is 0 Å². The van der Waals surface area contributed by atoms with Gasteiger partial charge in [0, 0.05) is 43.6 Å². The van der Waals surface area contributed by atoms with Gasteiger partial charge in [-0.3, -0.25) is 0 Å². The van der Waals surface area contributed by atoms with Crippen molar-refractivity contribution in [2.24, 2.45) is 0 Å². The number of piperazine rings is 1. The van der Waals surface area contributed by atoms with Crippen LogP contribution in [-0.2, 0) is 0 Å². The smallest absolute Gasteiger partial charge is 0.226 e. The number of hydrogen-bond donors (Lipinski definition) is 0. The average Bonchev–Trinajstić information content (AvgIpc) is 2.70. The van der Waals surface area contributed by atoms with E-state index in [0.717, 1.165) is 37.7 Å². The molecule has 3 heterocycles. The minimum atomic E-state index is -0.460. The maximum atomic E-state index is 13.8. The number of aryl methyl sites for hydroxylation is 1. The van der Waals surface area contributed by atoms with Crippen molar-refractivity contribution in [3.63, 3.8) is 0 Å². The van der Waals surface area contributed by atoms with E-state index in [9.17, 15) is 4.39 Å². The summed E-state index contributed by atoms with van der Waals surface area (Å²) in [4.78, 5) is 17.9. The molecule has 4 rings (SSSR count). The van der Waals surface area contributed by atoms with Crippen LogP contribution < -0.4 is 9.80 Å². The number of benzene rings is 1. The van der Waals surface area contributed by atoms with E-state index in [-0.39, 0.29) is 5.02 Å². The maximum Gasteiger partial charge on any atom is 0.226 e. The van der Waals surface area contributed by atoms with Gasteiger partial charge in [0.25, 0.3) is 0 Å². The minimum Gasteiger partial charge on any atom is -0.352 e. The second-order valence-corrected chi connectivity index (χ2v) is 7.42. The Morgan fingerprint density at radius 3 is 2.39 bits per heavy atom. The largest absolute Gasteiger partial charge is 0.352 e. The first kappa shape index (κ1) is 18.9. The van der Waals surface area contributed by atoms with Gasteiger partial charge in [0.2, 0.25) is 5.95 Å². The molecule has 0 atom stereocenters. The summed E-state index contributed by atoms with van der Waals surface area (Å²) in [5, 5.41) is 0.744. The van der Waals surface area contributed by atoms with Gasteiger partial charge in [-0.05, 0) is 37.3 Å². The number of anilines is 2. The van der Waals surface area contributed by atoms with Crippen LogP contribution in [-0.4, -0.2) is 41.1 Å². The molecule has 0 N–H and O–H groups in total. The molecular formula is C20H18Cl2FN5. The summed E-state index contributed by atoms with van der Waals surface area (Å²) < 4.78 is 13.8. The number of aromatic nitrogens is 3. The third kappa shape index (κ3) is 3.88. The monoisotopic (exact) mass is 417 g/mol. The lowest BCUT2D eigenvalue weighted by Gasteiger charge is -2.35. The van der Waals surface area contributed by atoms with Gasteiger partial charge in [-0.2, -0.15) is 0 Å². The van der Waals surface area contributed by atoms with Gasteiger partial charge in [0.05, 0.1) is 15.7 Å². The van der Waals surface area contributed by atoms with Crippen molar-refractivity contribution in [3.05, 3.63) is 64.2 Å². The van der Waals surface area contributed by atoms with E-state index in [1.165, 1.54) is 6.07 Å². The molecule has 0 unspecified atom stereocenters. The first-order valence-corrected chi connectivity index (χ1v) is 9.68. The Morgan fingerprint density at radius 2 is 1.68 bits per heavy atom. The van der Waals surface area contributed by atoms with Crippen LogP contribution in [0.2, 0.25) is 10.0 Å². The van der Waals surface area contributed by atoms with Crippen LogP contribution in [0.1, 0.15) is 5.69 Å². The van der Waals surface area contributed by atoms with E-state index < -0.39 is 5.82 Å². The molecular weight excluding hydrogens is 400 g/mol. The highest BCUT2D eigenvalue weighted by molar-refractivity contribution is 6.33. The molecule has 1 aromatic carbocycles. The Bertz CT molecular complexity index is 1010. The zero-order chi connectivity index (χ0) is 19.7. The highest BCUT2D eigenvalue weighted by Gasteiger charge is 2.22. The van der Waals surface area contributed by atoms with Crippen molar-refractivity contribution in [3.8, 4) is 11.3 Å². The van der Waals surface area contributed by atoms with Crippen LogP contribution in [0.4, 0.5) is 16.2 Å². The molecule has 0 spiro atoms. The molecule has 0 bridgehead atoms. The summed E-state index contributed by atoms with van der Waals surface area (Å²) in [5.74, 6) is 0.973. The van der Waals surface area contributed by atoms with Gasteiger partial charge in [-0.25, -0.2) is 19.3 Å². The molecule has 3 aromatic rings.